The summed E-state index contributed by atoms with van der Waals surface area (Å²) in [5.74, 6) is -1.97. The normalized spacial score (nSPS) is 11.3. The zero-order chi connectivity index (χ0) is 23.0. The molecule has 4 aromatic rings. The molecule has 0 atom stereocenters. The summed E-state index contributed by atoms with van der Waals surface area (Å²) in [6.45, 7) is 6.25. The van der Waals surface area contributed by atoms with Crippen molar-refractivity contribution >= 4 is 40.2 Å². The third-order valence-corrected chi connectivity index (χ3v) is 6.62. The van der Waals surface area contributed by atoms with Crippen LogP contribution in [0, 0.1) is 18.6 Å². The summed E-state index contributed by atoms with van der Waals surface area (Å²) in [6, 6.07) is 7.74. The highest BCUT2D eigenvalue weighted by Crippen LogP contribution is 2.42. The van der Waals surface area contributed by atoms with E-state index in [9.17, 15) is 4.79 Å². The Morgan fingerprint density at radius 2 is 1.97 bits per heavy atom. The summed E-state index contributed by atoms with van der Waals surface area (Å²) in [5.41, 5.74) is 1.51. The SMILES string of the molecule is CCOC(=O)c1cccc(Sc2c(C)n(-c3cnn(CC)c3)c3c(F)c(Cl)ccc23)c1F. The number of nitrogens with zero attached hydrogens (tertiary/aromatic N) is 3. The first-order valence-corrected chi connectivity index (χ1v) is 11.2. The predicted octanol–water partition coefficient (Wildman–Crippen LogP) is 6.41. The van der Waals surface area contributed by atoms with Crippen LogP contribution < -0.4 is 0 Å². The highest BCUT2D eigenvalue weighted by molar-refractivity contribution is 7.99. The molecule has 0 saturated heterocycles. The molecule has 5 nitrogen and oxygen atoms in total. The summed E-state index contributed by atoms with van der Waals surface area (Å²) >= 11 is 7.21. The minimum absolute atomic E-state index is 0.00817. The van der Waals surface area contributed by atoms with Crippen LogP contribution in [0.5, 0.6) is 0 Å². The molecule has 0 aliphatic rings. The predicted molar refractivity (Wildman–Crippen MR) is 121 cm³/mol. The van der Waals surface area contributed by atoms with E-state index in [0.29, 0.717) is 28.2 Å². The molecular weight excluding hydrogens is 456 g/mol. The maximum absolute atomic E-state index is 15.2. The van der Waals surface area contributed by atoms with E-state index in [-0.39, 0.29) is 27.6 Å². The van der Waals surface area contributed by atoms with Crippen molar-refractivity contribution in [1.29, 1.82) is 0 Å². The highest BCUT2D eigenvalue weighted by atomic mass is 35.5. The van der Waals surface area contributed by atoms with Crippen LogP contribution in [0.15, 0.2) is 52.5 Å². The number of rotatable bonds is 6. The second-order valence-corrected chi connectivity index (χ2v) is 8.46. The van der Waals surface area contributed by atoms with Crippen LogP contribution >= 0.6 is 23.4 Å². The molecule has 4 rings (SSSR count). The maximum Gasteiger partial charge on any atom is 0.341 e. The number of carbonyl (C=O) groups is 1. The van der Waals surface area contributed by atoms with Crippen molar-refractivity contribution in [3.8, 4) is 5.69 Å². The van der Waals surface area contributed by atoms with Crippen molar-refractivity contribution in [2.24, 2.45) is 0 Å². The number of esters is 1. The van der Waals surface area contributed by atoms with Crippen molar-refractivity contribution < 1.29 is 18.3 Å². The molecule has 0 aliphatic carbocycles. The third-order valence-electron chi connectivity index (χ3n) is 5.07. The van der Waals surface area contributed by atoms with E-state index in [0.717, 1.165) is 11.8 Å². The summed E-state index contributed by atoms with van der Waals surface area (Å²) in [4.78, 5) is 13.0. The van der Waals surface area contributed by atoms with E-state index in [1.54, 1.807) is 40.6 Å². The van der Waals surface area contributed by atoms with Gasteiger partial charge in [-0.05, 0) is 45.0 Å². The first-order chi connectivity index (χ1) is 15.4. The van der Waals surface area contributed by atoms with Crippen LogP contribution in [0.1, 0.15) is 29.9 Å². The van der Waals surface area contributed by atoms with Crippen molar-refractivity contribution in [3.05, 3.63) is 70.6 Å². The molecule has 0 fully saturated rings. The van der Waals surface area contributed by atoms with Gasteiger partial charge in [-0.25, -0.2) is 13.6 Å². The lowest BCUT2D eigenvalue weighted by Crippen LogP contribution is -2.07. The minimum atomic E-state index is -0.726. The number of hydrogen-bond acceptors (Lipinski definition) is 4. The van der Waals surface area contributed by atoms with Crippen LogP contribution in [-0.4, -0.2) is 26.9 Å². The lowest BCUT2D eigenvalue weighted by Gasteiger charge is -2.09. The van der Waals surface area contributed by atoms with Gasteiger partial charge in [0.05, 0.1) is 34.6 Å². The van der Waals surface area contributed by atoms with Crippen LogP contribution in [0.3, 0.4) is 0 Å². The molecule has 166 valence electrons. The van der Waals surface area contributed by atoms with Crippen LogP contribution in [0.2, 0.25) is 5.02 Å². The Morgan fingerprint density at radius 3 is 2.66 bits per heavy atom. The van der Waals surface area contributed by atoms with E-state index in [4.69, 9.17) is 16.3 Å². The molecule has 0 N–H and O–H groups in total. The number of hydrogen-bond donors (Lipinski definition) is 0. The standard InChI is InChI=1S/C23H20ClF2N3O2S/c1-4-28-12-14(11-27-28)29-13(3)22(16-9-10-17(24)20(26)21(16)29)32-18-8-6-7-15(19(18)25)23(30)31-5-2/h6-12H,4-5H2,1-3H3. The third kappa shape index (κ3) is 3.78. The molecule has 0 unspecified atom stereocenters. The molecule has 2 aromatic heterocycles. The Hall–Kier alpha value is -2.84. The van der Waals surface area contributed by atoms with Crippen molar-refractivity contribution in [2.75, 3.05) is 6.61 Å². The number of aryl methyl sites for hydroxylation is 1. The van der Waals surface area contributed by atoms with E-state index in [1.165, 1.54) is 12.1 Å². The summed E-state index contributed by atoms with van der Waals surface area (Å²) in [7, 11) is 0. The van der Waals surface area contributed by atoms with E-state index >= 15 is 8.78 Å². The number of fused-ring (bicyclic) bond motifs is 1. The van der Waals surface area contributed by atoms with Crippen LogP contribution in [0.4, 0.5) is 8.78 Å². The lowest BCUT2D eigenvalue weighted by molar-refractivity contribution is 0.0520. The fourth-order valence-corrected chi connectivity index (χ4v) is 4.80. The Bertz CT molecular complexity index is 1330. The minimum Gasteiger partial charge on any atom is -0.462 e. The van der Waals surface area contributed by atoms with E-state index in [1.807, 2.05) is 20.0 Å². The zero-order valence-electron chi connectivity index (χ0n) is 17.7. The fraction of sp³-hybridized carbons (Fsp3) is 0.217. The number of benzene rings is 2. The Kier molecular flexibility index (Phi) is 6.26. The Balaban J connectivity index is 1.90. The summed E-state index contributed by atoms with van der Waals surface area (Å²) < 4.78 is 38.7. The average molecular weight is 476 g/mol. The molecule has 0 saturated carbocycles. The second kappa shape index (κ2) is 8.96. The Labute approximate surface area is 192 Å². The van der Waals surface area contributed by atoms with Gasteiger partial charge in [0.15, 0.2) is 11.6 Å². The average Bonchev–Trinajstić information content (AvgIpc) is 3.35. The molecule has 32 heavy (non-hydrogen) atoms. The monoisotopic (exact) mass is 475 g/mol. The first kappa shape index (κ1) is 22.4. The van der Waals surface area contributed by atoms with Crippen molar-refractivity contribution in [2.45, 2.75) is 37.1 Å². The number of ether oxygens (including phenoxy) is 1. The van der Waals surface area contributed by atoms with E-state index in [2.05, 4.69) is 5.10 Å². The topological polar surface area (TPSA) is 49.1 Å². The molecule has 2 heterocycles. The molecule has 0 radical (unpaired) electrons. The largest absolute Gasteiger partial charge is 0.462 e. The van der Waals surface area contributed by atoms with Gasteiger partial charge in [0, 0.05) is 33.6 Å². The van der Waals surface area contributed by atoms with Gasteiger partial charge in [-0.3, -0.25) is 4.68 Å². The zero-order valence-corrected chi connectivity index (χ0v) is 19.2. The number of aromatic nitrogens is 3. The summed E-state index contributed by atoms with van der Waals surface area (Å²) in [5, 5.41) is 4.86. The highest BCUT2D eigenvalue weighted by Gasteiger charge is 2.24. The van der Waals surface area contributed by atoms with Gasteiger partial charge in [-0.15, -0.1) is 0 Å². The van der Waals surface area contributed by atoms with E-state index < -0.39 is 17.6 Å². The second-order valence-electron chi connectivity index (χ2n) is 7.00. The fourth-order valence-electron chi connectivity index (χ4n) is 3.56. The Morgan fingerprint density at radius 1 is 1.19 bits per heavy atom. The van der Waals surface area contributed by atoms with Crippen LogP contribution in [0.25, 0.3) is 16.6 Å². The number of carbonyl (C=O) groups excluding carboxylic acids is 1. The van der Waals surface area contributed by atoms with Gasteiger partial charge in [0.1, 0.15) is 0 Å². The molecular formula is C23H20ClF2N3O2S. The smallest absolute Gasteiger partial charge is 0.341 e. The van der Waals surface area contributed by atoms with Crippen molar-refractivity contribution in [1.82, 2.24) is 14.3 Å². The quantitative estimate of drug-likeness (QED) is 0.302. The van der Waals surface area contributed by atoms with Gasteiger partial charge in [0.2, 0.25) is 0 Å². The molecule has 0 aliphatic heterocycles. The van der Waals surface area contributed by atoms with Gasteiger partial charge in [-0.2, -0.15) is 5.10 Å². The summed E-state index contributed by atoms with van der Waals surface area (Å²) in [6.07, 6.45) is 3.45. The van der Waals surface area contributed by atoms with Crippen molar-refractivity contribution in [3.63, 3.8) is 0 Å². The van der Waals surface area contributed by atoms with Gasteiger partial charge < -0.3 is 9.30 Å². The first-order valence-electron chi connectivity index (χ1n) is 10.0. The lowest BCUT2D eigenvalue weighted by atomic mass is 10.2. The van der Waals surface area contributed by atoms with Crippen LogP contribution in [-0.2, 0) is 11.3 Å². The van der Waals surface area contributed by atoms with Gasteiger partial charge in [-0.1, -0.05) is 29.4 Å². The van der Waals surface area contributed by atoms with Gasteiger partial charge in [0.25, 0.3) is 0 Å². The molecule has 0 bridgehead atoms. The molecule has 9 heteroatoms. The maximum atomic E-state index is 15.2. The molecule has 0 spiro atoms. The number of halogens is 3. The van der Waals surface area contributed by atoms with Gasteiger partial charge >= 0.3 is 5.97 Å². The molecule has 2 aromatic carbocycles. The molecule has 0 amide bonds.